The molecule has 3 rings (SSSR count). The Morgan fingerprint density at radius 2 is 2.11 bits per heavy atom. The van der Waals surface area contributed by atoms with Crippen molar-refractivity contribution in [3.05, 3.63) is 52.6 Å². The molecule has 0 unspecified atom stereocenters. The molecule has 3 heterocycles. The van der Waals surface area contributed by atoms with Crippen molar-refractivity contribution in [1.29, 1.82) is 0 Å². The summed E-state index contributed by atoms with van der Waals surface area (Å²) in [5, 5.41) is 3.33. The Bertz CT molecular complexity index is 851. The molecule has 0 saturated heterocycles. The number of carbonyl (C=O) groups excluding carboxylic acids is 1. The van der Waals surface area contributed by atoms with Gasteiger partial charge in [-0.15, -0.1) is 0 Å². The molecule has 1 N–H and O–H groups in total. The van der Waals surface area contributed by atoms with Crippen LogP contribution in [-0.4, -0.2) is 35.6 Å². The zero-order valence-corrected chi connectivity index (χ0v) is 17.5. The number of hydrogen-bond acceptors (Lipinski definition) is 6. The highest BCUT2D eigenvalue weighted by molar-refractivity contribution is 6.02. The Morgan fingerprint density at radius 3 is 2.68 bits per heavy atom. The van der Waals surface area contributed by atoms with E-state index in [-0.39, 0.29) is 23.3 Å². The number of dihydropyridines is 1. The SMILES string of the molecule is CC1=C(C(=O)OCC(C)C)[C@H](c2cccnc2)C(C2=NC(C)(C)CO2)=C(C)N1. The third-order valence-electron chi connectivity index (χ3n) is 4.74. The molecule has 0 spiro atoms. The number of aromatic nitrogens is 1. The van der Waals surface area contributed by atoms with Crippen LogP contribution in [0.4, 0.5) is 0 Å². The maximum absolute atomic E-state index is 13.0. The second-order valence-electron chi connectivity index (χ2n) is 8.43. The van der Waals surface area contributed by atoms with Crippen LogP contribution in [0, 0.1) is 5.92 Å². The highest BCUT2D eigenvalue weighted by Gasteiger charge is 2.40. The van der Waals surface area contributed by atoms with Gasteiger partial charge in [0.1, 0.15) is 6.61 Å². The van der Waals surface area contributed by atoms with E-state index in [0.717, 1.165) is 22.5 Å². The van der Waals surface area contributed by atoms with Crippen molar-refractivity contribution in [2.45, 2.75) is 53.0 Å². The van der Waals surface area contributed by atoms with E-state index >= 15 is 0 Å². The summed E-state index contributed by atoms with van der Waals surface area (Å²) in [7, 11) is 0. The predicted molar refractivity (Wildman–Crippen MR) is 109 cm³/mol. The fourth-order valence-electron chi connectivity index (χ4n) is 3.47. The van der Waals surface area contributed by atoms with Crippen LogP contribution in [0.3, 0.4) is 0 Å². The highest BCUT2D eigenvalue weighted by atomic mass is 16.5. The number of hydrogen-bond donors (Lipinski definition) is 1. The van der Waals surface area contributed by atoms with E-state index in [2.05, 4.69) is 10.3 Å². The lowest BCUT2D eigenvalue weighted by Gasteiger charge is -2.31. The summed E-state index contributed by atoms with van der Waals surface area (Å²) < 4.78 is 11.5. The quantitative estimate of drug-likeness (QED) is 0.785. The van der Waals surface area contributed by atoms with Crippen LogP contribution in [0.5, 0.6) is 0 Å². The molecule has 1 atom stereocenters. The number of pyridine rings is 1. The van der Waals surface area contributed by atoms with Gasteiger partial charge in [-0.3, -0.25) is 4.98 Å². The lowest BCUT2D eigenvalue weighted by molar-refractivity contribution is -0.140. The van der Waals surface area contributed by atoms with E-state index in [0.29, 0.717) is 24.7 Å². The summed E-state index contributed by atoms with van der Waals surface area (Å²) in [5.41, 5.74) is 3.75. The summed E-state index contributed by atoms with van der Waals surface area (Å²) in [5.74, 6) is 0.168. The van der Waals surface area contributed by atoms with Gasteiger partial charge in [0.25, 0.3) is 0 Å². The summed E-state index contributed by atoms with van der Waals surface area (Å²) in [4.78, 5) is 22.1. The van der Waals surface area contributed by atoms with Crippen molar-refractivity contribution in [2.24, 2.45) is 10.9 Å². The van der Waals surface area contributed by atoms with Crippen molar-refractivity contribution >= 4 is 11.9 Å². The maximum Gasteiger partial charge on any atom is 0.336 e. The number of allylic oxidation sites excluding steroid dienone is 2. The van der Waals surface area contributed by atoms with Crippen LogP contribution in [0.25, 0.3) is 0 Å². The molecule has 0 aromatic carbocycles. The first-order valence-corrected chi connectivity index (χ1v) is 9.68. The molecule has 1 aromatic heterocycles. The Morgan fingerprint density at radius 1 is 1.36 bits per heavy atom. The van der Waals surface area contributed by atoms with E-state index < -0.39 is 0 Å². The van der Waals surface area contributed by atoms with Crippen LogP contribution in [0.15, 0.2) is 52.1 Å². The van der Waals surface area contributed by atoms with Crippen molar-refractivity contribution < 1.29 is 14.3 Å². The molecule has 0 amide bonds. The van der Waals surface area contributed by atoms with Crippen LogP contribution in [-0.2, 0) is 14.3 Å². The molecule has 0 fully saturated rings. The molecule has 6 heteroatoms. The first kappa shape index (κ1) is 20.1. The Balaban J connectivity index is 2.09. The average molecular weight is 383 g/mol. The van der Waals surface area contributed by atoms with Crippen molar-refractivity contribution in [3.63, 3.8) is 0 Å². The highest BCUT2D eigenvalue weighted by Crippen LogP contribution is 2.40. The molecule has 150 valence electrons. The Kier molecular flexibility index (Phi) is 5.59. The third kappa shape index (κ3) is 4.11. The summed E-state index contributed by atoms with van der Waals surface area (Å²) in [6.45, 7) is 12.9. The van der Waals surface area contributed by atoms with Gasteiger partial charge in [0.15, 0.2) is 0 Å². The van der Waals surface area contributed by atoms with E-state index in [1.54, 1.807) is 12.4 Å². The normalized spacial score (nSPS) is 21.4. The minimum atomic E-state index is -0.345. The van der Waals surface area contributed by atoms with Gasteiger partial charge in [0.05, 0.1) is 23.6 Å². The second-order valence-corrected chi connectivity index (χ2v) is 8.43. The second kappa shape index (κ2) is 7.78. The van der Waals surface area contributed by atoms with Crippen LogP contribution >= 0.6 is 0 Å². The van der Waals surface area contributed by atoms with Crippen LogP contribution in [0.2, 0.25) is 0 Å². The first-order chi connectivity index (χ1) is 13.2. The number of aliphatic imine (C=N–C) groups is 1. The first-order valence-electron chi connectivity index (χ1n) is 9.68. The number of carbonyl (C=O) groups is 1. The fraction of sp³-hybridized carbons (Fsp3) is 0.500. The monoisotopic (exact) mass is 383 g/mol. The fourth-order valence-corrected chi connectivity index (χ4v) is 3.47. The number of ether oxygens (including phenoxy) is 2. The number of rotatable bonds is 5. The van der Waals surface area contributed by atoms with E-state index in [4.69, 9.17) is 14.5 Å². The topological polar surface area (TPSA) is 72.8 Å². The zero-order chi connectivity index (χ0) is 20.5. The van der Waals surface area contributed by atoms with Crippen LogP contribution in [0.1, 0.15) is 53.0 Å². The van der Waals surface area contributed by atoms with Crippen LogP contribution < -0.4 is 5.32 Å². The molecule has 2 aliphatic heterocycles. The average Bonchev–Trinajstić information content (AvgIpc) is 2.99. The lowest BCUT2D eigenvalue weighted by atomic mass is 9.81. The molecule has 6 nitrogen and oxygen atoms in total. The number of nitrogens with zero attached hydrogens (tertiary/aromatic N) is 2. The third-order valence-corrected chi connectivity index (χ3v) is 4.74. The largest absolute Gasteiger partial charge is 0.475 e. The summed E-state index contributed by atoms with van der Waals surface area (Å²) >= 11 is 0. The molecule has 0 aliphatic carbocycles. The van der Waals surface area contributed by atoms with Gasteiger partial charge < -0.3 is 14.8 Å². The van der Waals surface area contributed by atoms with Gasteiger partial charge in [0, 0.05) is 29.4 Å². The standard InChI is InChI=1S/C22H29N3O3/c1-13(2)11-27-21(26)18-15(4)24-14(3)17(20-25-22(5,6)12-28-20)19(18)16-8-7-9-23-10-16/h7-10,13,19,24H,11-12H2,1-6H3/t19-/m1/s1. The molecule has 28 heavy (non-hydrogen) atoms. The van der Waals surface area contributed by atoms with E-state index in [1.807, 2.05) is 53.7 Å². The van der Waals surface area contributed by atoms with E-state index in [9.17, 15) is 4.79 Å². The molecule has 0 radical (unpaired) electrons. The lowest BCUT2D eigenvalue weighted by Crippen LogP contribution is -2.32. The summed E-state index contributed by atoms with van der Waals surface area (Å²) in [6, 6.07) is 3.85. The molecule has 1 aromatic rings. The van der Waals surface area contributed by atoms with Gasteiger partial charge in [0.2, 0.25) is 5.90 Å². The van der Waals surface area contributed by atoms with Crippen molar-refractivity contribution in [1.82, 2.24) is 10.3 Å². The van der Waals surface area contributed by atoms with Gasteiger partial charge in [-0.2, -0.15) is 0 Å². The molecular formula is C22H29N3O3. The molecule has 0 saturated carbocycles. The van der Waals surface area contributed by atoms with E-state index in [1.165, 1.54) is 0 Å². The van der Waals surface area contributed by atoms with Crippen molar-refractivity contribution in [3.8, 4) is 0 Å². The molecule has 0 bridgehead atoms. The zero-order valence-electron chi connectivity index (χ0n) is 17.5. The van der Waals surface area contributed by atoms with Gasteiger partial charge in [-0.25, -0.2) is 9.79 Å². The summed E-state index contributed by atoms with van der Waals surface area (Å²) in [6.07, 6.45) is 3.51. The van der Waals surface area contributed by atoms with Crippen molar-refractivity contribution in [2.75, 3.05) is 13.2 Å². The minimum Gasteiger partial charge on any atom is -0.475 e. The van der Waals surface area contributed by atoms with Gasteiger partial charge >= 0.3 is 5.97 Å². The molecular weight excluding hydrogens is 354 g/mol. The predicted octanol–water partition coefficient (Wildman–Crippen LogP) is 3.72. The number of esters is 1. The van der Waals surface area contributed by atoms with Gasteiger partial charge in [-0.1, -0.05) is 19.9 Å². The minimum absolute atomic E-state index is 0.262. The number of nitrogens with one attached hydrogen (secondary N) is 1. The maximum atomic E-state index is 13.0. The Hall–Kier alpha value is -2.63. The Labute approximate surface area is 166 Å². The molecule has 2 aliphatic rings. The smallest absolute Gasteiger partial charge is 0.336 e. The van der Waals surface area contributed by atoms with Gasteiger partial charge in [-0.05, 0) is 45.2 Å².